The van der Waals surface area contributed by atoms with Crippen molar-refractivity contribution >= 4 is 34.7 Å². The molecule has 7 heteroatoms. The van der Waals surface area contributed by atoms with Crippen molar-refractivity contribution in [1.82, 2.24) is 19.6 Å². The fourth-order valence-electron chi connectivity index (χ4n) is 1.96. The number of nitrogens with one attached hydrogen (secondary N) is 1. The molecule has 3 heterocycles. The van der Waals surface area contributed by atoms with Gasteiger partial charge in [-0.3, -0.25) is 4.68 Å². The summed E-state index contributed by atoms with van der Waals surface area (Å²) in [6, 6.07) is 5.87. The largest absolute Gasteiger partial charge is 0.366 e. The number of hydrogen-bond donors (Lipinski definition) is 1. The maximum absolute atomic E-state index is 6.23. The highest BCUT2D eigenvalue weighted by atomic mass is 35.5. The first kappa shape index (κ1) is 13.0. The first-order valence-electron chi connectivity index (χ1n) is 5.92. The lowest BCUT2D eigenvalue weighted by molar-refractivity contribution is 0.777. The van der Waals surface area contributed by atoms with E-state index in [9.17, 15) is 0 Å². The zero-order valence-electron chi connectivity index (χ0n) is 10.6. The van der Waals surface area contributed by atoms with Gasteiger partial charge in [-0.05, 0) is 36.7 Å². The van der Waals surface area contributed by atoms with Crippen LogP contribution >= 0.6 is 23.2 Å². The van der Waals surface area contributed by atoms with Gasteiger partial charge in [-0.15, -0.1) is 0 Å². The zero-order chi connectivity index (χ0) is 14.1. The zero-order valence-corrected chi connectivity index (χ0v) is 12.1. The molecule has 1 N–H and O–H groups in total. The summed E-state index contributed by atoms with van der Waals surface area (Å²) in [4.78, 5) is 11.1. The molecule has 0 atom stereocenters. The van der Waals surface area contributed by atoms with Crippen LogP contribution in [0.25, 0.3) is 0 Å². The number of anilines is 2. The van der Waals surface area contributed by atoms with Gasteiger partial charge in [-0.2, -0.15) is 4.98 Å². The standard InChI is InChI=1S/C13H11Cl2N5/c1-9-3-2-6-19(9)20(10-4-5-16-7-10)12-11(14)8-17-13(15)18-12/h2-8,16H,1H3. The van der Waals surface area contributed by atoms with Gasteiger partial charge in [-0.1, -0.05) is 11.6 Å². The van der Waals surface area contributed by atoms with Crippen molar-refractivity contribution in [3.63, 3.8) is 0 Å². The minimum atomic E-state index is 0.148. The van der Waals surface area contributed by atoms with Crippen LogP contribution in [-0.2, 0) is 0 Å². The molecular weight excluding hydrogens is 297 g/mol. The Bertz CT molecular complexity index is 720. The van der Waals surface area contributed by atoms with E-state index < -0.39 is 0 Å². The summed E-state index contributed by atoms with van der Waals surface area (Å²) in [6.45, 7) is 2.00. The number of halogens is 2. The van der Waals surface area contributed by atoms with E-state index >= 15 is 0 Å². The first-order chi connectivity index (χ1) is 9.66. The van der Waals surface area contributed by atoms with Crippen LogP contribution in [-0.4, -0.2) is 19.6 Å². The second-order valence-electron chi connectivity index (χ2n) is 4.19. The molecule has 0 radical (unpaired) electrons. The Hall–Kier alpha value is -1.98. The van der Waals surface area contributed by atoms with Gasteiger partial charge in [0.1, 0.15) is 5.02 Å². The minimum absolute atomic E-state index is 0.148. The summed E-state index contributed by atoms with van der Waals surface area (Å²) in [5, 5.41) is 2.43. The first-order valence-corrected chi connectivity index (χ1v) is 6.67. The quantitative estimate of drug-likeness (QED) is 0.748. The number of H-pyrrole nitrogens is 1. The number of aryl methyl sites for hydroxylation is 1. The van der Waals surface area contributed by atoms with E-state index in [0.29, 0.717) is 10.8 Å². The third kappa shape index (κ3) is 2.26. The van der Waals surface area contributed by atoms with E-state index in [2.05, 4.69) is 15.0 Å². The number of nitrogens with zero attached hydrogens (tertiary/aromatic N) is 4. The minimum Gasteiger partial charge on any atom is -0.366 e. The van der Waals surface area contributed by atoms with Crippen LogP contribution in [0.2, 0.25) is 10.3 Å². The molecule has 3 aromatic heterocycles. The maximum Gasteiger partial charge on any atom is 0.224 e. The van der Waals surface area contributed by atoms with Gasteiger partial charge in [0.2, 0.25) is 5.28 Å². The molecular formula is C13H11Cl2N5. The van der Waals surface area contributed by atoms with Gasteiger partial charge in [0.15, 0.2) is 5.82 Å². The molecule has 0 aliphatic rings. The van der Waals surface area contributed by atoms with E-state index in [1.54, 1.807) is 0 Å². The summed E-state index contributed by atoms with van der Waals surface area (Å²) in [6.07, 6.45) is 7.10. The van der Waals surface area contributed by atoms with Crippen molar-refractivity contribution < 1.29 is 0 Å². The van der Waals surface area contributed by atoms with Crippen LogP contribution < -0.4 is 5.01 Å². The van der Waals surface area contributed by atoms with Crippen molar-refractivity contribution in [3.05, 3.63) is 59.0 Å². The highest BCUT2D eigenvalue weighted by molar-refractivity contribution is 6.33. The average molecular weight is 308 g/mol. The fourth-order valence-corrected chi connectivity index (χ4v) is 2.26. The Morgan fingerprint density at radius 2 is 2.15 bits per heavy atom. The average Bonchev–Trinajstić information content (AvgIpc) is 3.07. The summed E-state index contributed by atoms with van der Waals surface area (Å²) < 4.78 is 1.94. The molecule has 20 heavy (non-hydrogen) atoms. The van der Waals surface area contributed by atoms with E-state index in [-0.39, 0.29) is 5.28 Å². The topological polar surface area (TPSA) is 49.7 Å². The highest BCUT2D eigenvalue weighted by Gasteiger charge is 2.18. The van der Waals surface area contributed by atoms with Crippen molar-refractivity contribution in [2.24, 2.45) is 0 Å². The van der Waals surface area contributed by atoms with Crippen LogP contribution in [0.4, 0.5) is 11.5 Å². The maximum atomic E-state index is 6.23. The van der Waals surface area contributed by atoms with Crippen molar-refractivity contribution in [2.45, 2.75) is 6.92 Å². The molecule has 3 rings (SSSR count). The molecule has 0 aliphatic carbocycles. The second-order valence-corrected chi connectivity index (χ2v) is 4.93. The summed E-state index contributed by atoms with van der Waals surface area (Å²) >= 11 is 12.1. The Kier molecular flexibility index (Phi) is 3.38. The normalized spacial score (nSPS) is 10.8. The van der Waals surface area contributed by atoms with E-state index in [1.807, 2.05) is 53.4 Å². The third-order valence-electron chi connectivity index (χ3n) is 2.86. The molecule has 0 saturated heterocycles. The Morgan fingerprint density at radius 3 is 2.80 bits per heavy atom. The van der Waals surface area contributed by atoms with Crippen molar-refractivity contribution in [3.8, 4) is 0 Å². The summed E-state index contributed by atoms with van der Waals surface area (Å²) in [5.74, 6) is 0.519. The van der Waals surface area contributed by atoms with Crippen molar-refractivity contribution in [2.75, 3.05) is 5.01 Å². The van der Waals surface area contributed by atoms with Crippen molar-refractivity contribution in [1.29, 1.82) is 0 Å². The van der Waals surface area contributed by atoms with Gasteiger partial charge in [0, 0.05) is 24.3 Å². The summed E-state index contributed by atoms with van der Waals surface area (Å²) in [5.41, 5.74) is 1.93. The fraction of sp³-hybridized carbons (Fsp3) is 0.0769. The number of hydrogen-bond acceptors (Lipinski definition) is 3. The molecule has 0 aromatic carbocycles. The number of aromatic nitrogens is 4. The van der Waals surface area contributed by atoms with Gasteiger partial charge in [0.25, 0.3) is 0 Å². The molecule has 0 saturated carbocycles. The predicted octanol–water partition coefficient (Wildman–Crippen LogP) is 3.82. The lowest BCUT2D eigenvalue weighted by Crippen LogP contribution is -2.25. The lowest BCUT2D eigenvalue weighted by Gasteiger charge is -2.25. The van der Waals surface area contributed by atoms with Gasteiger partial charge >= 0.3 is 0 Å². The van der Waals surface area contributed by atoms with Crippen LogP contribution in [0.15, 0.2) is 43.0 Å². The van der Waals surface area contributed by atoms with E-state index in [0.717, 1.165) is 11.4 Å². The van der Waals surface area contributed by atoms with Crippen LogP contribution in [0.1, 0.15) is 5.69 Å². The smallest absolute Gasteiger partial charge is 0.224 e. The highest BCUT2D eigenvalue weighted by Crippen LogP contribution is 2.31. The molecule has 0 fully saturated rings. The van der Waals surface area contributed by atoms with Crippen LogP contribution in [0, 0.1) is 6.92 Å². The molecule has 5 nitrogen and oxygen atoms in total. The van der Waals surface area contributed by atoms with E-state index in [1.165, 1.54) is 6.20 Å². The molecule has 0 unspecified atom stereocenters. The van der Waals surface area contributed by atoms with Gasteiger partial charge in [-0.25, -0.2) is 9.99 Å². The lowest BCUT2D eigenvalue weighted by atomic mass is 10.4. The second kappa shape index (κ2) is 5.19. The monoisotopic (exact) mass is 307 g/mol. The molecule has 0 amide bonds. The molecule has 0 aliphatic heterocycles. The van der Waals surface area contributed by atoms with Crippen LogP contribution in [0.3, 0.4) is 0 Å². The summed E-state index contributed by atoms with van der Waals surface area (Å²) in [7, 11) is 0. The van der Waals surface area contributed by atoms with Gasteiger partial charge in [0.05, 0.1) is 11.9 Å². The predicted molar refractivity (Wildman–Crippen MR) is 79.6 cm³/mol. The van der Waals surface area contributed by atoms with Gasteiger partial charge < -0.3 is 4.98 Å². The van der Waals surface area contributed by atoms with E-state index in [4.69, 9.17) is 23.2 Å². The molecule has 3 aromatic rings. The Labute approximate surface area is 125 Å². The molecule has 0 bridgehead atoms. The number of aromatic amines is 1. The Balaban J connectivity index is 2.21. The SMILES string of the molecule is Cc1cccn1N(c1cc[nH]c1)c1nc(Cl)ncc1Cl. The molecule has 102 valence electrons. The molecule has 0 spiro atoms. The number of rotatable bonds is 3. The van der Waals surface area contributed by atoms with Crippen LogP contribution in [0.5, 0.6) is 0 Å². The third-order valence-corrected chi connectivity index (χ3v) is 3.31. The Morgan fingerprint density at radius 1 is 1.30 bits per heavy atom.